The zero-order valence-corrected chi connectivity index (χ0v) is 23.8. The lowest BCUT2D eigenvalue weighted by Gasteiger charge is -2.35. The molecule has 1 aliphatic heterocycles. The average Bonchev–Trinajstić information content (AvgIpc) is 2.94. The van der Waals surface area contributed by atoms with Crippen LogP contribution in [0, 0.1) is 11.8 Å². The van der Waals surface area contributed by atoms with Gasteiger partial charge in [0.25, 0.3) is 5.56 Å². The summed E-state index contributed by atoms with van der Waals surface area (Å²) in [6.45, 7) is 1.15. The van der Waals surface area contributed by atoms with E-state index < -0.39 is 17.1 Å². The smallest absolute Gasteiger partial charge is 0.416 e. The Morgan fingerprint density at radius 3 is 2.50 bits per heavy atom. The molecule has 0 saturated heterocycles. The van der Waals surface area contributed by atoms with Gasteiger partial charge >= 0.3 is 6.18 Å². The van der Waals surface area contributed by atoms with Gasteiger partial charge in [-0.1, -0.05) is 36.5 Å². The van der Waals surface area contributed by atoms with Gasteiger partial charge in [0.1, 0.15) is 23.6 Å². The van der Waals surface area contributed by atoms with Crippen molar-refractivity contribution in [3.8, 4) is 23.3 Å². The van der Waals surface area contributed by atoms with Gasteiger partial charge in [0, 0.05) is 31.8 Å². The Morgan fingerprint density at radius 2 is 1.83 bits per heavy atom. The van der Waals surface area contributed by atoms with E-state index in [1.807, 2.05) is 30.3 Å². The van der Waals surface area contributed by atoms with Crippen LogP contribution < -0.4 is 15.6 Å². The summed E-state index contributed by atoms with van der Waals surface area (Å²) in [4.78, 5) is 33.5. The van der Waals surface area contributed by atoms with E-state index in [0.717, 1.165) is 48.6 Å². The van der Waals surface area contributed by atoms with Crippen LogP contribution in [0.4, 0.5) is 13.2 Å². The van der Waals surface area contributed by atoms with Gasteiger partial charge in [0.15, 0.2) is 0 Å². The number of carbonyl (C=O) groups is 1. The van der Waals surface area contributed by atoms with Crippen LogP contribution in [0.5, 0.6) is 5.75 Å². The molecule has 7 nitrogen and oxygen atoms in total. The standard InChI is InChI=1S/C31H31F3N4O3S/c32-31(33,34)22-11-13-24(14-12-22)41-20-5-4-17-35-18-15-26(39)37-19-16-25-27(30(37)42)29(40)38(23-9-2-1-3-10-23)28(36-25)21-7-6-8-21/h1-3,9-14,21,30,35,42H,6-8,15-20H2. The number of alkyl halides is 3. The summed E-state index contributed by atoms with van der Waals surface area (Å²) in [6.07, 6.45) is -0.540. The van der Waals surface area contributed by atoms with Crippen molar-refractivity contribution in [1.29, 1.82) is 0 Å². The molecular weight excluding hydrogens is 565 g/mol. The molecule has 3 aromatic rings. The fourth-order valence-corrected chi connectivity index (χ4v) is 5.55. The van der Waals surface area contributed by atoms with E-state index in [-0.39, 0.29) is 30.4 Å². The first-order chi connectivity index (χ1) is 20.2. The summed E-state index contributed by atoms with van der Waals surface area (Å²) in [5.41, 5.74) is 1.04. The van der Waals surface area contributed by atoms with Crippen molar-refractivity contribution in [3.05, 3.63) is 87.6 Å². The van der Waals surface area contributed by atoms with E-state index in [0.29, 0.717) is 37.4 Å². The zero-order valence-electron chi connectivity index (χ0n) is 22.9. The molecule has 1 unspecified atom stereocenters. The molecule has 1 amide bonds. The number of fused-ring (bicyclic) bond motifs is 1. The molecule has 0 radical (unpaired) electrons. The van der Waals surface area contributed by atoms with Gasteiger partial charge in [-0.05, 0) is 49.2 Å². The Hall–Kier alpha value is -3.75. The molecule has 5 rings (SSSR count). The fraction of sp³-hybridized carbons (Fsp3) is 0.387. The Labute approximate surface area is 247 Å². The highest BCUT2D eigenvalue weighted by atomic mass is 32.1. The third kappa shape index (κ3) is 6.66. The van der Waals surface area contributed by atoms with Gasteiger partial charge in [0.05, 0.1) is 29.1 Å². The molecule has 11 heteroatoms. The summed E-state index contributed by atoms with van der Waals surface area (Å²) < 4.78 is 44.9. The van der Waals surface area contributed by atoms with Crippen molar-refractivity contribution in [3.63, 3.8) is 0 Å². The highest BCUT2D eigenvalue weighted by Gasteiger charge is 2.35. The highest BCUT2D eigenvalue weighted by Crippen LogP contribution is 2.38. The first-order valence-corrected chi connectivity index (χ1v) is 14.4. The number of ether oxygens (including phenoxy) is 1. The molecule has 1 saturated carbocycles. The molecular formula is C31H31F3N4O3S. The number of aromatic nitrogens is 2. The van der Waals surface area contributed by atoms with E-state index in [2.05, 4.69) is 17.2 Å². The quantitative estimate of drug-likeness (QED) is 0.220. The minimum Gasteiger partial charge on any atom is -0.481 e. The van der Waals surface area contributed by atoms with Crippen LogP contribution in [0.25, 0.3) is 5.69 Å². The summed E-state index contributed by atoms with van der Waals surface area (Å²) in [6, 6.07) is 13.9. The summed E-state index contributed by atoms with van der Waals surface area (Å²) in [5, 5.41) is 2.40. The maximum Gasteiger partial charge on any atom is 0.416 e. The molecule has 220 valence electrons. The predicted octanol–water partition coefficient (Wildman–Crippen LogP) is 4.89. The number of carbonyl (C=O) groups excluding carboxylic acids is 1. The number of nitrogens with one attached hydrogen (secondary N) is 1. The maximum atomic E-state index is 13.8. The van der Waals surface area contributed by atoms with Gasteiger partial charge in [-0.25, -0.2) is 4.98 Å². The van der Waals surface area contributed by atoms with E-state index >= 15 is 0 Å². The number of thiol groups is 1. The number of amides is 1. The van der Waals surface area contributed by atoms with Crippen LogP contribution in [0.3, 0.4) is 0 Å². The van der Waals surface area contributed by atoms with Crippen LogP contribution in [0.1, 0.15) is 59.6 Å². The number of halogens is 3. The normalized spacial score (nSPS) is 16.7. The van der Waals surface area contributed by atoms with E-state index in [1.165, 1.54) is 12.1 Å². The third-order valence-corrected chi connectivity index (χ3v) is 8.05. The maximum absolute atomic E-state index is 13.8. The van der Waals surface area contributed by atoms with Crippen LogP contribution in [0.15, 0.2) is 59.4 Å². The molecule has 0 bridgehead atoms. The Bertz CT molecular complexity index is 1530. The van der Waals surface area contributed by atoms with Crippen molar-refractivity contribution < 1.29 is 22.7 Å². The van der Waals surface area contributed by atoms with E-state index in [9.17, 15) is 22.8 Å². The average molecular weight is 597 g/mol. The zero-order chi connectivity index (χ0) is 29.7. The molecule has 2 aliphatic rings. The van der Waals surface area contributed by atoms with Gasteiger partial charge in [-0.2, -0.15) is 13.2 Å². The Kier molecular flexibility index (Phi) is 9.24. The number of para-hydroxylation sites is 1. The first kappa shape index (κ1) is 29.7. The minimum absolute atomic E-state index is 0.0253. The number of hydrogen-bond donors (Lipinski definition) is 2. The number of hydrogen-bond acceptors (Lipinski definition) is 6. The highest BCUT2D eigenvalue weighted by molar-refractivity contribution is 7.80. The largest absolute Gasteiger partial charge is 0.481 e. The van der Waals surface area contributed by atoms with Gasteiger partial charge in [0.2, 0.25) is 5.91 Å². The van der Waals surface area contributed by atoms with Crippen LogP contribution in [-0.4, -0.2) is 46.6 Å². The van der Waals surface area contributed by atoms with Crippen molar-refractivity contribution in [2.75, 3.05) is 26.2 Å². The van der Waals surface area contributed by atoms with Gasteiger partial charge < -0.3 is 15.0 Å². The molecule has 1 atom stereocenters. The first-order valence-electron chi connectivity index (χ1n) is 13.9. The second-order valence-corrected chi connectivity index (χ2v) is 10.7. The van der Waals surface area contributed by atoms with Crippen molar-refractivity contribution in [2.24, 2.45) is 0 Å². The second-order valence-electron chi connectivity index (χ2n) is 10.2. The third-order valence-electron chi connectivity index (χ3n) is 7.52. The lowest BCUT2D eigenvalue weighted by molar-refractivity contribution is -0.137. The summed E-state index contributed by atoms with van der Waals surface area (Å²) in [5.74, 6) is 6.87. The number of rotatable bonds is 8. The molecule has 1 aliphatic carbocycles. The summed E-state index contributed by atoms with van der Waals surface area (Å²) in [7, 11) is 0. The Balaban J connectivity index is 1.14. The van der Waals surface area contributed by atoms with Gasteiger partial charge in [-0.15, -0.1) is 12.6 Å². The molecule has 1 N–H and O–H groups in total. The molecule has 1 aromatic heterocycles. The topological polar surface area (TPSA) is 76.5 Å². The molecule has 1 fully saturated rings. The van der Waals surface area contributed by atoms with E-state index in [4.69, 9.17) is 22.3 Å². The molecule has 2 heterocycles. The van der Waals surface area contributed by atoms with Crippen molar-refractivity contribution in [2.45, 2.75) is 49.6 Å². The van der Waals surface area contributed by atoms with Crippen LogP contribution in [0.2, 0.25) is 0 Å². The predicted molar refractivity (Wildman–Crippen MR) is 156 cm³/mol. The molecule has 0 spiro atoms. The van der Waals surface area contributed by atoms with Crippen LogP contribution in [-0.2, 0) is 17.4 Å². The molecule has 42 heavy (non-hydrogen) atoms. The second kappa shape index (κ2) is 13.0. The van der Waals surface area contributed by atoms with Crippen molar-refractivity contribution in [1.82, 2.24) is 19.8 Å². The molecule has 2 aromatic carbocycles. The minimum atomic E-state index is -4.39. The van der Waals surface area contributed by atoms with Gasteiger partial charge in [-0.3, -0.25) is 14.2 Å². The number of benzene rings is 2. The lowest BCUT2D eigenvalue weighted by atomic mass is 9.84. The fourth-order valence-electron chi connectivity index (χ4n) is 5.04. The Morgan fingerprint density at radius 1 is 1.10 bits per heavy atom. The number of nitrogens with zero attached hydrogens (tertiary/aromatic N) is 3. The van der Waals surface area contributed by atoms with Crippen molar-refractivity contribution >= 4 is 18.5 Å². The SMILES string of the molecule is O=C(CCNCC#CCOc1ccc(C(F)(F)F)cc1)N1CCc2nc(C3CCC3)n(-c3ccccc3)c(=O)c2C1S. The van der Waals surface area contributed by atoms with Crippen LogP contribution >= 0.6 is 12.6 Å². The van der Waals surface area contributed by atoms with E-state index in [1.54, 1.807) is 9.47 Å². The monoisotopic (exact) mass is 596 g/mol. The lowest BCUT2D eigenvalue weighted by Crippen LogP contribution is -2.44. The summed E-state index contributed by atoms with van der Waals surface area (Å²) >= 11 is 4.72.